The Morgan fingerprint density at radius 3 is 1.48 bits per heavy atom. The van der Waals surface area contributed by atoms with Crippen LogP contribution in [0.5, 0.6) is 5.75 Å². The molecule has 260 valence electrons. The number of para-hydroxylation sites is 1. The highest BCUT2D eigenvalue weighted by atomic mass is 16.6. The number of nitrogens with zero attached hydrogens (tertiary/aromatic N) is 1. The van der Waals surface area contributed by atoms with Crippen LogP contribution in [0.3, 0.4) is 0 Å². The van der Waals surface area contributed by atoms with Crippen LogP contribution in [-0.2, 0) is 38.8 Å². The van der Waals surface area contributed by atoms with Crippen LogP contribution in [0.15, 0.2) is 146 Å². The lowest BCUT2D eigenvalue weighted by Crippen LogP contribution is -2.43. The quantitative estimate of drug-likeness (QED) is 0.102. The van der Waals surface area contributed by atoms with Gasteiger partial charge in [-0.05, 0) is 47.9 Å². The number of rotatable bonds is 17. The largest absolute Gasteiger partial charge is 0.485 e. The van der Waals surface area contributed by atoms with Crippen LogP contribution in [0.1, 0.15) is 40.3 Å². The number of ether oxygens (including phenoxy) is 3. The molecule has 0 bridgehead atoms. The van der Waals surface area contributed by atoms with Crippen molar-refractivity contribution < 1.29 is 34.0 Å². The fraction of sp³-hybridized carbons (Fsp3) is 0.238. The summed E-state index contributed by atoms with van der Waals surface area (Å²) in [6.07, 6.45) is -2.21. The summed E-state index contributed by atoms with van der Waals surface area (Å²) in [5.41, 5.74) is 5.23. The molecule has 0 unspecified atom stereocenters. The van der Waals surface area contributed by atoms with Crippen molar-refractivity contribution in [3.63, 3.8) is 0 Å². The van der Waals surface area contributed by atoms with Crippen molar-refractivity contribution in [3.05, 3.63) is 173 Å². The molecule has 0 amide bonds. The first-order valence-corrected chi connectivity index (χ1v) is 16.6. The van der Waals surface area contributed by atoms with Crippen molar-refractivity contribution in [1.29, 1.82) is 0 Å². The van der Waals surface area contributed by atoms with Crippen molar-refractivity contribution in [2.45, 2.75) is 51.4 Å². The van der Waals surface area contributed by atoms with Gasteiger partial charge >= 0.3 is 11.9 Å². The van der Waals surface area contributed by atoms with E-state index in [-0.39, 0.29) is 19.3 Å². The van der Waals surface area contributed by atoms with E-state index >= 15 is 0 Å². The minimum Gasteiger partial charge on any atom is -0.485 e. The predicted molar refractivity (Wildman–Crippen MR) is 194 cm³/mol. The lowest BCUT2D eigenvalue weighted by atomic mass is 10.1. The van der Waals surface area contributed by atoms with Gasteiger partial charge in [0, 0.05) is 19.5 Å². The molecule has 0 aliphatic heterocycles. The number of carboxylic acids is 2. The van der Waals surface area contributed by atoms with Gasteiger partial charge in [0.25, 0.3) is 0 Å². The molecule has 0 radical (unpaired) electrons. The summed E-state index contributed by atoms with van der Waals surface area (Å²) < 4.78 is 17.0. The third-order valence-corrected chi connectivity index (χ3v) is 7.91. The molecular weight excluding hydrogens is 630 g/mol. The van der Waals surface area contributed by atoms with E-state index in [2.05, 4.69) is 91.7 Å². The standard InChI is InChI=1S/C24H27NO.C18H18O6/c1-20-11-9-10-16-23(20)26-24(22-14-7-4-8-15-22)17-18-25(2)19-21-12-5-3-6-13-21;19-17(20)15(23-11-13-7-3-1-4-8-13)16(18(21)22)24-12-14-9-5-2-6-10-14/h3-16,24H,17-19H2,1-2H3;1-10,15-16H,11-12H2,(H,19,20)(H,21,22)/t24-;15-,16-/m10/s1. The van der Waals surface area contributed by atoms with Crippen molar-refractivity contribution >= 4 is 11.9 Å². The van der Waals surface area contributed by atoms with Crippen molar-refractivity contribution in [3.8, 4) is 5.75 Å². The molecule has 0 heterocycles. The third-order valence-electron chi connectivity index (χ3n) is 7.91. The van der Waals surface area contributed by atoms with Gasteiger partial charge in [0.15, 0.2) is 12.2 Å². The van der Waals surface area contributed by atoms with Gasteiger partial charge in [0.2, 0.25) is 0 Å². The highest BCUT2D eigenvalue weighted by molar-refractivity contribution is 5.83. The van der Waals surface area contributed by atoms with Crippen LogP contribution in [-0.4, -0.2) is 52.9 Å². The monoisotopic (exact) mass is 675 g/mol. The maximum atomic E-state index is 11.4. The molecule has 0 aliphatic carbocycles. The van der Waals surface area contributed by atoms with Gasteiger partial charge in [-0.2, -0.15) is 0 Å². The molecule has 2 N–H and O–H groups in total. The first-order chi connectivity index (χ1) is 24.3. The topological polar surface area (TPSA) is 106 Å². The van der Waals surface area contributed by atoms with Gasteiger partial charge in [-0.25, -0.2) is 9.59 Å². The number of carbonyl (C=O) groups is 2. The third kappa shape index (κ3) is 12.6. The Labute approximate surface area is 294 Å². The molecular formula is C42H45NO7. The van der Waals surface area contributed by atoms with Crippen LogP contribution < -0.4 is 4.74 Å². The zero-order valence-corrected chi connectivity index (χ0v) is 28.5. The first kappa shape index (κ1) is 37.5. The summed E-state index contributed by atoms with van der Waals surface area (Å²) >= 11 is 0. The predicted octanol–water partition coefficient (Wildman–Crippen LogP) is 7.96. The minimum atomic E-state index is -1.61. The molecule has 0 spiro atoms. The summed E-state index contributed by atoms with van der Waals surface area (Å²) in [5, 5.41) is 18.6. The summed E-state index contributed by atoms with van der Waals surface area (Å²) in [4.78, 5) is 25.2. The zero-order valence-electron chi connectivity index (χ0n) is 28.5. The average Bonchev–Trinajstić information content (AvgIpc) is 3.14. The summed E-state index contributed by atoms with van der Waals surface area (Å²) in [7, 11) is 2.17. The Morgan fingerprint density at radius 2 is 1.02 bits per heavy atom. The lowest BCUT2D eigenvalue weighted by Gasteiger charge is -2.24. The second kappa shape index (κ2) is 20.3. The van der Waals surface area contributed by atoms with E-state index < -0.39 is 24.1 Å². The van der Waals surface area contributed by atoms with Crippen molar-refractivity contribution in [1.82, 2.24) is 4.90 Å². The number of hydrogen-bond acceptors (Lipinski definition) is 6. The number of benzene rings is 5. The SMILES string of the molecule is Cc1ccccc1O[C@H](CCN(C)Cc1ccccc1)c1ccccc1.O=C(O)[C@@H](OCc1ccccc1)[C@H](OCc1ccccc1)C(=O)O. The fourth-order valence-electron chi connectivity index (χ4n) is 5.21. The molecule has 50 heavy (non-hydrogen) atoms. The van der Waals surface area contributed by atoms with Crippen LogP contribution >= 0.6 is 0 Å². The number of hydrogen-bond donors (Lipinski definition) is 2. The highest BCUT2D eigenvalue weighted by Gasteiger charge is 2.36. The number of aryl methyl sites for hydroxylation is 1. The van der Waals surface area contributed by atoms with E-state index in [9.17, 15) is 19.8 Å². The van der Waals surface area contributed by atoms with Crippen LogP contribution in [0, 0.1) is 6.92 Å². The van der Waals surface area contributed by atoms with Gasteiger partial charge in [0.1, 0.15) is 11.9 Å². The highest BCUT2D eigenvalue weighted by Crippen LogP contribution is 2.27. The van der Waals surface area contributed by atoms with Crippen molar-refractivity contribution in [2.24, 2.45) is 0 Å². The molecule has 0 aromatic heterocycles. The zero-order chi connectivity index (χ0) is 35.6. The van der Waals surface area contributed by atoms with Crippen LogP contribution in [0.25, 0.3) is 0 Å². The Kier molecular flexibility index (Phi) is 15.2. The maximum Gasteiger partial charge on any atom is 0.336 e. The first-order valence-electron chi connectivity index (χ1n) is 16.6. The normalized spacial score (nSPS) is 12.6. The van der Waals surface area contributed by atoms with E-state index in [0.29, 0.717) is 0 Å². The van der Waals surface area contributed by atoms with E-state index in [4.69, 9.17) is 14.2 Å². The lowest BCUT2D eigenvalue weighted by molar-refractivity contribution is -0.179. The molecule has 0 fully saturated rings. The minimum absolute atomic E-state index is 0.0176. The summed E-state index contributed by atoms with van der Waals surface area (Å²) in [6.45, 7) is 3.98. The molecule has 5 aromatic carbocycles. The molecule has 8 nitrogen and oxygen atoms in total. The van der Waals surface area contributed by atoms with Crippen LogP contribution in [0.2, 0.25) is 0 Å². The molecule has 0 aliphatic rings. The molecule has 5 rings (SSSR count). The smallest absolute Gasteiger partial charge is 0.336 e. The molecule has 0 saturated carbocycles. The fourth-order valence-corrected chi connectivity index (χ4v) is 5.21. The Bertz CT molecular complexity index is 1640. The molecule has 0 saturated heterocycles. The molecule has 3 atom stereocenters. The second-order valence-corrected chi connectivity index (χ2v) is 11.9. The Hall–Kier alpha value is -5.28. The van der Waals surface area contributed by atoms with Crippen LogP contribution in [0.4, 0.5) is 0 Å². The summed E-state index contributed by atoms with van der Waals surface area (Å²) in [5.74, 6) is -1.80. The van der Waals surface area contributed by atoms with Gasteiger partial charge in [-0.15, -0.1) is 0 Å². The number of aliphatic carboxylic acids is 2. The summed E-state index contributed by atoms with van der Waals surface area (Å²) in [6, 6.07) is 47.2. The van der Waals surface area contributed by atoms with E-state index in [1.54, 1.807) is 48.5 Å². The molecule has 8 heteroatoms. The van der Waals surface area contributed by atoms with Gasteiger partial charge in [-0.3, -0.25) is 0 Å². The Morgan fingerprint density at radius 1 is 0.600 bits per heavy atom. The Balaban J connectivity index is 0.000000226. The second-order valence-electron chi connectivity index (χ2n) is 11.9. The van der Waals surface area contributed by atoms with Gasteiger partial charge in [0.05, 0.1) is 13.2 Å². The van der Waals surface area contributed by atoms with E-state index in [1.165, 1.54) is 16.7 Å². The average molecular weight is 676 g/mol. The van der Waals surface area contributed by atoms with E-state index in [1.807, 2.05) is 24.3 Å². The molecule has 5 aromatic rings. The van der Waals surface area contributed by atoms with Crippen molar-refractivity contribution in [2.75, 3.05) is 13.6 Å². The van der Waals surface area contributed by atoms with E-state index in [0.717, 1.165) is 36.4 Å². The maximum absolute atomic E-state index is 11.4. The van der Waals surface area contributed by atoms with Gasteiger partial charge < -0.3 is 29.3 Å². The number of carboxylic acid groups (broad SMARTS) is 2. The van der Waals surface area contributed by atoms with Gasteiger partial charge in [-0.1, -0.05) is 140 Å².